The van der Waals surface area contributed by atoms with E-state index in [-0.39, 0.29) is 22.4 Å². The second-order valence-corrected chi connectivity index (χ2v) is 9.76. The van der Waals surface area contributed by atoms with Gasteiger partial charge in [-0.15, -0.1) is 0 Å². The van der Waals surface area contributed by atoms with Crippen molar-refractivity contribution in [2.45, 2.75) is 26.2 Å². The minimum absolute atomic E-state index is 0.0804. The maximum Gasteiger partial charge on any atom is 0.337 e. The Hall–Kier alpha value is -4.29. The first-order valence-electron chi connectivity index (χ1n) is 10.9. The number of hydrogen-bond donors (Lipinski definition) is 2. The first kappa shape index (κ1) is 24.8. The van der Waals surface area contributed by atoms with Gasteiger partial charge in [-0.1, -0.05) is 34.1 Å². The lowest BCUT2D eigenvalue weighted by atomic mass is 9.85. The van der Waals surface area contributed by atoms with E-state index < -0.39 is 16.9 Å². The van der Waals surface area contributed by atoms with Gasteiger partial charge in [-0.3, -0.25) is 14.2 Å². The standard InChI is InChI=1S/C27H21BrN4O4/c1-15-7-8-19(31-24(33)16-5-4-6-17(9-16)27(2,3)13-29)12-22(15)32-14-30-23-20(25(32)34)10-18(28)11-21(23)26(35)36/h4-12,14H,1-3H3,(H,31,33)(H,35,36). The van der Waals surface area contributed by atoms with Crippen molar-refractivity contribution in [1.82, 2.24) is 9.55 Å². The van der Waals surface area contributed by atoms with Gasteiger partial charge in [0.1, 0.15) is 6.33 Å². The number of aromatic carboxylic acids is 1. The van der Waals surface area contributed by atoms with Crippen molar-refractivity contribution in [2.75, 3.05) is 5.32 Å². The number of nitrogens with zero attached hydrogens (tertiary/aromatic N) is 3. The normalized spacial score (nSPS) is 11.2. The van der Waals surface area contributed by atoms with E-state index in [9.17, 15) is 24.8 Å². The largest absolute Gasteiger partial charge is 0.478 e. The van der Waals surface area contributed by atoms with Gasteiger partial charge >= 0.3 is 5.97 Å². The molecule has 0 spiro atoms. The summed E-state index contributed by atoms with van der Waals surface area (Å²) in [5, 5.41) is 21.9. The number of benzene rings is 3. The lowest BCUT2D eigenvalue weighted by Crippen LogP contribution is -2.21. The quantitative estimate of drug-likeness (QED) is 0.355. The zero-order valence-electron chi connectivity index (χ0n) is 19.7. The molecule has 0 fully saturated rings. The van der Waals surface area contributed by atoms with Crippen molar-refractivity contribution < 1.29 is 14.7 Å². The number of amides is 1. The summed E-state index contributed by atoms with van der Waals surface area (Å²) < 4.78 is 1.77. The molecule has 1 heterocycles. The van der Waals surface area contributed by atoms with Gasteiger partial charge in [0.2, 0.25) is 0 Å². The molecule has 0 saturated carbocycles. The number of nitriles is 1. The maximum atomic E-state index is 13.3. The Kier molecular flexibility index (Phi) is 6.48. The van der Waals surface area contributed by atoms with Crippen LogP contribution in [0.4, 0.5) is 5.69 Å². The molecule has 0 aliphatic heterocycles. The number of rotatable bonds is 5. The van der Waals surface area contributed by atoms with Gasteiger partial charge < -0.3 is 10.4 Å². The number of nitrogens with one attached hydrogen (secondary N) is 1. The number of halogens is 1. The summed E-state index contributed by atoms with van der Waals surface area (Å²) >= 11 is 3.26. The van der Waals surface area contributed by atoms with Crippen LogP contribution in [-0.2, 0) is 5.41 Å². The van der Waals surface area contributed by atoms with E-state index in [1.54, 1.807) is 56.3 Å². The molecule has 0 aliphatic rings. The van der Waals surface area contributed by atoms with Crippen LogP contribution in [0.2, 0.25) is 0 Å². The number of anilines is 1. The van der Waals surface area contributed by atoms with E-state index in [0.29, 0.717) is 21.4 Å². The summed E-state index contributed by atoms with van der Waals surface area (Å²) in [6, 6.07) is 17.2. The summed E-state index contributed by atoms with van der Waals surface area (Å²) in [7, 11) is 0. The molecule has 4 rings (SSSR count). The SMILES string of the molecule is Cc1ccc(NC(=O)c2cccc(C(C)(C)C#N)c2)cc1-n1cnc2c(C(=O)O)cc(Br)cc2c1=O. The van der Waals surface area contributed by atoms with Crippen molar-refractivity contribution in [3.05, 3.63) is 98.0 Å². The van der Waals surface area contributed by atoms with E-state index in [0.717, 1.165) is 11.1 Å². The summed E-state index contributed by atoms with van der Waals surface area (Å²) in [5.41, 5.74) is 1.65. The van der Waals surface area contributed by atoms with Gasteiger partial charge in [0.05, 0.1) is 33.6 Å². The van der Waals surface area contributed by atoms with Crippen LogP contribution in [0.15, 0.2) is 70.2 Å². The molecule has 180 valence electrons. The number of hydrogen-bond acceptors (Lipinski definition) is 5. The summed E-state index contributed by atoms with van der Waals surface area (Å²) in [4.78, 5) is 42.1. The second-order valence-electron chi connectivity index (χ2n) is 8.85. The van der Waals surface area contributed by atoms with E-state index >= 15 is 0 Å². The molecule has 0 saturated heterocycles. The minimum atomic E-state index is -1.19. The zero-order chi connectivity index (χ0) is 26.2. The van der Waals surface area contributed by atoms with Gasteiger partial charge in [0.15, 0.2) is 0 Å². The van der Waals surface area contributed by atoms with Crippen LogP contribution in [0, 0.1) is 18.3 Å². The van der Waals surface area contributed by atoms with E-state index in [1.165, 1.54) is 23.0 Å². The number of carbonyl (C=O) groups excluding carboxylic acids is 1. The molecule has 0 bridgehead atoms. The Bertz CT molecular complexity index is 1650. The van der Waals surface area contributed by atoms with E-state index in [2.05, 4.69) is 32.3 Å². The Morgan fingerprint density at radius 2 is 1.89 bits per heavy atom. The monoisotopic (exact) mass is 544 g/mol. The van der Waals surface area contributed by atoms with Crippen LogP contribution in [0.25, 0.3) is 16.6 Å². The van der Waals surface area contributed by atoms with E-state index in [4.69, 9.17) is 0 Å². The van der Waals surface area contributed by atoms with Crippen molar-refractivity contribution in [3.63, 3.8) is 0 Å². The lowest BCUT2D eigenvalue weighted by molar-refractivity contribution is 0.0698. The predicted octanol–water partition coefficient (Wildman–Crippen LogP) is 5.21. The molecule has 0 atom stereocenters. The molecule has 1 aromatic heterocycles. The molecule has 0 radical (unpaired) electrons. The fraction of sp³-hybridized carbons (Fsp3) is 0.148. The predicted molar refractivity (Wildman–Crippen MR) is 140 cm³/mol. The summed E-state index contributed by atoms with van der Waals surface area (Å²) in [6.45, 7) is 5.38. The van der Waals surface area contributed by atoms with Gasteiger partial charge in [-0.25, -0.2) is 9.78 Å². The lowest BCUT2D eigenvalue weighted by Gasteiger charge is -2.17. The van der Waals surface area contributed by atoms with E-state index in [1.807, 2.05) is 6.92 Å². The van der Waals surface area contributed by atoms with Gasteiger partial charge in [0.25, 0.3) is 11.5 Å². The fourth-order valence-corrected chi connectivity index (χ4v) is 4.26. The Morgan fingerprint density at radius 1 is 1.14 bits per heavy atom. The van der Waals surface area contributed by atoms with Crippen molar-refractivity contribution >= 4 is 44.4 Å². The molecule has 0 aliphatic carbocycles. The average Bonchev–Trinajstić information content (AvgIpc) is 2.85. The third-order valence-corrected chi connectivity index (χ3v) is 6.37. The van der Waals surface area contributed by atoms with Crippen LogP contribution in [-0.4, -0.2) is 26.5 Å². The summed E-state index contributed by atoms with van der Waals surface area (Å²) in [5.74, 6) is -1.55. The minimum Gasteiger partial charge on any atom is -0.478 e. The highest BCUT2D eigenvalue weighted by molar-refractivity contribution is 9.10. The molecule has 8 nitrogen and oxygen atoms in total. The van der Waals surface area contributed by atoms with Crippen molar-refractivity contribution in [1.29, 1.82) is 5.26 Å². The molecular weight excluding hydrogens is 524 g/mol. The van der Waals surface area contributed by atoms with Crippen LogP contribution in [0.5, 0.6) is 0 Å². The fourth-order valence-electron chi connectivity index (χ4n) is 3.80. The Labute approximate surface area is 215 Å². The number of carboxylic acids is 1. The third kappa shape index (κ3) is 4.63. The number of aromatic nitrogens is 2. The van der Waals surface area contributed by atoms with Gasteiger partial charge in [-0.05, 0) is 68.3 Å². The first-order chi connectivity index (χ1) is 17.0. The van der Waals surface area contributed by atoms with Gasteiger partial charge in [0, 0.05) is 15.7 Å². The number of carboxylic acid groups (broad SMARTS) is 1. The molecule has 2 N–H and O–H groups in total. The highest BCUT2D eigenvalue weighted by atomic mass is 79.9. The van der Waals surface area contributed by atoms with Crippen LogP contribution >= 0.6 is 15.9 Å². The highest BCUT2D eigenvalue weighted by Gasteiger charge is 2.21. The molecule has 36 heavy (non-hydrogen) atoms. The molecule has 1 amide bonds. The summed E-state index contributed by atoms with van der Waals surface area (Å²) in [6.07, 6.45) is 1.28. The highest BCUT2D eigenvalue weighted by Crippen LogP contribution is 2.25. The molecule has 4 aromatic rings. The van der Waals surface area contributed by atoms with Crippen LogP contribution < -0.4 is 10.9 Å². The Balaban J connectivity index is 1.73. The molecule has 9 heteroatoms. The molecular formula is C27H21BrN4O4. The second kappa shape index (κ2) is 9.40. The van der Waals surface area contributed by atoms with Crippen molar-refractivity contribution in [2.24, 2.45) is 0 Å². The first-order valence-corrected chi connectivity index (χ1v) is 11.7. The third-order valence-electron chi connectivity index (χ3n) is 5.91. The Morgan fingerprint density at radius 3 is 2.58 bits per heavy atom. The molecule has 3 aromatic carbocycles. The van der Waals surface area contributed by atoms with Crippen LogP contribution in [0.1, 0.15) is 45.7 Å². The number of carbonyl (C=O) groups is 2. The number of fused-ring (bicyclic) bond motifs is 1. The van der Waals surface area contributed by atoms with Crippen LogP contribution in [0.3, 0.4) is 0 Å². The van der Waals surface area contributed by atoms with Gasteiger partial charge in [-0.2, -0.15) is 5.26 Å². The van der Waals surface area contributed by atoms with Crippen molar-refractivity contribution in [3.8, 4) is 11.8 Å². The number of aryl methyl sites for hydroxylation is 1. The maximum absolute atomic E-state index is 13.3. The smallest absolute Gasteiger partial charge is 0.337 e. The topological polar surface area (TPSA) is 125 Å². The average molecular weight is 545 g/mol. The molecule has 0 unspecified atom stereocenters. The zero-order valence-corrected chi connectivity index (χ0v) is 21.3.